The largest absolute Gasteiger partial charge is 0.465 e. The number of halogens is 1. The van der Waals surface area contributed by atoms with E-state index in [-0.39, 0.29) is 6.61 Å². The summed E-state index contributed by atoms with van der Waals surface area (Å²) in [4.78, 5) is 12.0. The van der Waals surface area contributed by atoms with Gasteiger partial charge in [-0.2, -0.15) is 0 Å². The van der Waals surface area contributed by atoms with Crippen molar-refractivity contribution in [2.75, 3.05) is 6.61 Å². The van der Waals surface area contributed by atoms with E-state index in [1.165, 1.54) is 0 Å². The summed E-state index contributed by atoms with van der Waals surface area (Å²) >= 11 is 0. The van der Waals surface area contributed by atoms with Gasteiger partial charge in [0.05, 0.1) is 12.7 Å². The van der Waals surface area contributed by atoms with Crippen LogP contribution in [-0.4, -0.2) is 32.2 Å². The molecule has 0 aliphatic heterocycles. The number of rotatable bonds is 9. The SMILES string of the molecule is CCOC(=O)[C@H](/C=C/C[Si](C)(C)F)[C@H](O)CCc1ccccc1. The zero-order chi connectivity index (χ0) is 17.3. The van der Waals surface area contributed by atoms with Gasteiger partial charge in [0.2, 0.25) is 8.41 Å². The first-order valence-electron chi connectivity index (χ1n) is 8.07. The number of aliphatic hydroxyl groups is 1. The average Bonchev–Trinajstić information content (AvgIpc) is 2.49. The summed E-state index contributed by atoms with van der Waals surface area (Å²) in [7, 11) is -2.70. The summed E-state index contributed by atoms with van der Waals surface area (Å²) in [6.07, 6.45) is 3.56. The van der Waals surface area contributed by atoms with Crippen LogP contribution in [0.1, 0.15) is 18.9 Å². The van der Waals surface area contributed by atoms with E-state index in [0.717, 1.165) is 5.56 Å². The molecule has 23 heavy (non-hydrogen) atoms. The van der Waals surface area contributed by atoms with Crippen LogP contribution in [0.25, 0.3) is 0 Å². The second kappa shape index (κ2) is 9.63. The zero-order valence-corrected chi connectivity index (χ0v) is 15.2. The first kappa shape index (κ1) is 19.6. The molecule has 0 saturated carbocycles. The Morgan fingerprint density at radius 2 is 2.00 bits per heavy atom. The van der Waals surface area contributed by atoms with Crippen LogP contribution in [-0.2, 0) is 16.0 Å². The quantitative estimate of drug-likeness (QED) is 0.322. The molecule has 0 saturated heterocycles. The van der Waals surface area contributed by atoms with E-state index in [9.17, 15) is 14.0 Å². The third kappa shape index (κ3) is 8.09. The molecule has 5 heteroatoms. The van der Waals surface area contributed by atoms with Crippen molar-refractivity contribution < 1.29 is 18.7 Å². The van der Waals surface area contributed by atoms with Crippen LogP contribution < -0.4 is 0 Å². The Morgan fingerprint density at radius 3 is 2.57 bits per heavy atom. The van der Waals surface area contributed by atoms with Crippen LogP contribution in [0, 0.1) is 5.92 Å². The molecule has 1 aromatic rings. The Bertz CT molecular complexity index is 497. The molecule has 0 spiro atoms. The van der Waals surface area contributed by atoms with Gasteiger partial charge in [0.15, 0.2) is 0 Å². The highest BCUT2D eigenvalue weighted by atomic mass is 28.4. The number of hydrogen-bond donors (Lipinski definition) is 1. The van der Waals surface area contributed by atoms with Crippen molar-refractivity contribution in [3.8, 4) is 0 Å². The molecule has 0 aliphatic rings. The molecule has 1 aromatic carbocycles. The van der Waals surface area contributed by atoms with Gasteiger partial charge >= 0.3 is 5.97 Å². The predicted octanol–water partition coefficient (Wildman–Crippen LogP) is 3.89. The fraction of sp³-hybridized carbons (Fsp3) is 0.500. The van der Waals surface area contributed by atoms with Gasteiger partial charge in [-0.3, -0.25) is 4.79 Å². The number of allylic oxidation sites excluding steroid dienone is 1. The molecule has 0 radical (unpaired) electrons. The Morgan fingerprint density at radius 1 is 1.35 bits per heavy atom. The normalized spacial score (nSPS) is 14.7. The second-order valence-corrected chi connectivity index (χ2v) is 10.1. The lowest BCUT2D eigenvalue weighted by Gasteiger charge is -2.19. The van der Waals surface area contributed by atoms with Crippen molar-refractivity contribution in [3.05, 3.63) is 48.0 Å². The van der Waals surface area contributed by atoms with Crippen molar-refractivity contribution in [2.24, 2.45) is 5.92 Å². The van der Waals surface area contributed by atoms with Gasteiger partial charge in [0.25, 0.3) is 0 Å². The smallest absolute Gasteiger partial charge is 0.315 e. The van der Waals surface area contributed by atoms with Crippen molar-refractivity contribution in [2.45, 2.75) is 45.0 Å². The van der Waals surface area contributed by atoms with Crippen LogP contribution >= 0.6 is 0 Å². The number of ether oxygens (including phenoxy) is 1. The van der Waals surface area contributed by atoms with Crippen LogP contribution in [0.3, 0.4) is 0 Å². The van der Waals surface area contributed by atoms with Gasteiger partial charge in [0.1, 0.15) is 5.92 Å². The second-order valence-electron chi connectivity index (χ2n) is 6.22. The Hall–Kier alpha value is -1.46. The molecule has 0 unspecified atom stereocenters. The summed E-state index contributed by atoms with van der Waals surface area (Å²) in [5, 5.41) is 10.4. The number of aliphatic hydroxyl groups excluding tert-OH is 1. The molecule has 0 amide bonds. The molecule has 1 N–H and O–H groups in total. The Labute approximate surface area is 139 Å². The highest BCUT2D eigenvalue weighted by Gasteiger charge is 2.26. The topological polar surface area (TPSA) is 46.5 Å². The summed E-state index contributed by atoms with van der Waals surface area (Å²) in [6.45, 7) is 5.22. The number of aryl methyl sites for hydroxylation is 1. The minimum atomic E-state index is -2.70. The monoisotopic (exact) mass is 338 g/mol. The molecular weight excluding hydrogens is 311 g/mol. The lowest BCUT2D eigenvalue weighted by atomic mass is 9.96. The molecule has 0 fully saturated rings. The molecule has 1 rings (SSSR count). The molecule has 128 valence electrons. The first-order chi connectivity index (χ1) is 10.8. The van der Waals surface area contributed by atoms with Crippen molar-refractivity contribution in [1.29, 1.82) is 0 Å². The molecule has 0 aliphatic carbocycles. The molecular formula is C18H27FO3Si. The molecule has 3 nitrogen and oxygen atoms in total. The minimum absolute atomic E-state index is 0.262. The minimum Gasteiger partial charge on any atom is -0.465 e. The highest BCUT2D eigenvalue weighted by Crippen LogP contribution is 2.18. The summed E-state index contributed by atoms with van der Waals surface area (Å²) in [5.74, 6) is -1.20. The number of carbonyl (C=O) groups excluding carboxylic acids is 1. The van der Waals surface area contributed by atoms with E-state index in [2.05, 4.69) is 0 Å². The number of hydrogen-bond acceptors (Lipinski definition) is 3. The van der Waals surface area contributed by atoms with E-state index >= 15 is 0 Å². The molecule has 2 atom stereocenters. The fourth-order valence-electron chi connectivity index (χ4n) is 2.24. The summed E-state index contributed by atoms with van der Waals surface area (Å²) < 4.78 is 18.7. The van der Waals surface area contributed by atoms with E-state index in [1.807, 2.05) is 30.3 Å². The van der Waals surface area contributed by atoms with Gasteiger partial charge < -0.3 is 14.0 Å². The van der Waals surface area contributed by atoms with E-state index in [1.54, 1.807) is 32.2 Å². The summed E-state index contributed by atoms with van der Waals surface area (Å²) in [5.41, 5.74) is 1.11. The average molecular weight is 338 g/mol. The highest BCUT2D eigenvalue weighted by molar-refractivity contribution is 6.70. The third-order valence-electron chi connectivity index (χ3n) is 3.49. The van der Waals surface area contributed by atoms with Crippen LogP contribution in [0.2, 0.25) is 19.1 Å². The molecule has 0 aromatic heterocycles. The van der Waals surface area contributed by atoms with Crippen LogP contribution in [0.15, 0.2) is 42.5 Å². The van der Waals surface area contributed by atoms with Crippen LogP contribution in [0.5, 0.6) is 0 Å². The Kier molecular flexibility index (Phi) is 8.20. The van der Waals surface area contributed by atoms with Crippen molar-refractivity contribution >= 4 is 14.4 Å². The van der Waals surface area contributed by atoms with E-state index in [4.69, 9.17) is 4.74 Å². The number of carbonyl (C=O) groups is 1. The van der Waals surface area contributed by atoms with Gasteiger partial charge in [-0.1, -0.05) is 42.5 Å². The fourth-order valence-corrected chi connectivity index (χ4v) is 2.93. The van der Waals surface area contributed by atoms with Gasteiger partial charge in [-0.25, -0.2) is 0 Å². The zero-order valence-electron chi connectivity index (χ0n) is 14.2. The van der Waals surface area contributed by atoms with Crippen molar-refractivity contribution in [1.82, 2.24) is 0 Å². The third-order valence-corrected chi connectivity index (χ3v) is 4.70. The standard InChI is InChI=1S/C18H27FO3Si/c1-4-22-18(21)16(11-8-14-23(2,3)19)17(20)13-12-15-9-6-5-7-10-15/h5-11,16-17,20H,4,12-14H2,1-3H3/b11-8+/t16-,17-/m1/s1. The lowest BCUT2D eigenvalue weighted by molar-refractivity contribution is -0.149. The number of esters is 1. The molecule has 0 heterocycles. The summed E-state index contributed by atoms with van der Waals surface area (Å²) in [6, 6.07) is 10.1. The van der Waals surface area contributed by atoms with E-state index in [0.29, 0.717) is 18.9 Å². The first-order valence-corrected chi connectivity index (χ1v) is 11.2. The Balaban J connectivity index is 2.68. The van der Waals surface area contributed by atoms with Gasteiger partial charge in [-0.15, -0.1) is 0 Å². The maximum Gasteiger partial charge on any atom is 0.315 e. The van der Waals surface area contributed by atoms with Gasteiger partial charge in [-0.05, 0) is 44.5 Å². The van der Waals surface area contributed by atoms with E-state index < -0.39 is 26.4 Å². The van der Waals surface area contributed by atoms with Crippen LogP contribution in [0.4, 0.5) is 4.11 Å². The maximum atomic E-state index is 13.7. The lowest BCUT2D eigenvalue weighted by Crippen LogP contribution is -2.29. The van der Waals surface area contributed by atoms with Crippen molar-refractivity contribution in [3.63, 3.8) is 0 Å². The predicted molar refractivity (Wildman–Crippen MR) is 93.4 cm³/mol. The maximum absolute atomic E-state index is 13.7. The van der Waals surface area contributed by atoms with Gasteiger partial charge in [0, 0.05) is 0 Å². The number of benzene rings is 1. The molecule has 0 bridgehead atoms.